The largest absolute Gasteiger partial charge is 0.345 e. The van der Waals surface area contributed by atoms with E-state index in [1.54, 1.807) is 16.9 Å². The molecular weight excluding hydrogens is 244 g/mol. The van der Waals surface area contributed by atoms with Gasteiger partial charge in [0.25, 0.3) is 11.5 Å². The van der Waals surface area contributed by atoms with E-state index in [9.17, 15) is 9.59 Å². The highest BCUT2D eigenvalue weighted by atomic mass is 16.2. The van der Waals surface area contributed by atoms with Gasteiger partial charge in [-0.2, -0.15) is 5.10 Å². The maximum atomic E-state index is 12.0. The summed E-state index contributed by atoms with van der Waals surface area (Å²) in [4.78, 5) is 26.0. The molecule has 2 heterocycles. The number of rotatable bonds is 3. The molecule has 2 N–H and O–H groups in total. The first-order valence-electron chi connectivity index (χ1n) is 5.97. The molecule has 0 bridgehead atoms. The summed E-state index contributed by atoms with van der Waals surface area (Å²) < 4.78 is 1.74. The zero-order valence-corrected chi connectivity index (χ0v) is 11.1. The van der Waals surface area contributed by atoms with Crippen LogP contribution >= 0.6 is 0 Å². The Kier molecular flexibility index (Phi) is 3.50. The fraction of sp³-hybridized carbons (Fsp3) is 0.308. The number of carbonyl (C=O) groups is 1. The molecule has 0 fully saturated rings. The monoisotopic (exact) mass is 260 g/mol. The molecule has 0 spiro atoms. The number of aromatic amines is 1. The van der Waals surface area contributed by atoms with Crippen molar-refractivity contribution >= 4 is 5.91 Å². The fourth-order valence-electron chi connectivity index (χ4n) is 1.89. The van der Waals surface area contributed by atoms with Crippen LogP contribution in [0.1, 0.15) is 34.6 Å². The summed E-state index contributed by atoms with van der Waals surface area (Å²) in [7, 11) is 1.84. The lowest BCUT2D eigenvalue weighted by Gasteiger charge is -2.13. The highest BCUT2D eigenvalue weighted by molar-refractivity contribution is 5.93. The molecule has 19 heavy (non-hydrogen) atoms. The van der Waals surface area contributed by atoms with Gasteiger partial charge in [-0.1, -0.05) is 0 Å². The predicted octanol–water partition coefficient (Wildman–Crippen LogP) is 0.908. The second-order valence-electron chi connectivity index (χ2n) is 4.42. The van der Waals surface area contributed by atoms with Crippen LogP contribution in [-0.2, 0) is 7.05 Å². The Morgan fingerprint density at radius 3 is 2.84 bits per heavy atom. The summed E-state index contributed by atoms with van der Waals surface area (Å²) in [6.45, 7) is 3.79. The number of amides is 1. The lowest BCUT2D eigenvalue weighted by molar-refractivity contribution is 0.0938. The molecule has 100 valence electrons. The number of H-pyrrole nitrogens is 1. The van der Waals surface area contributed by atoms with Gasteiger partial charge in [0, 0.05) is 24.5 Å². The van der Waals surface area contributed by atoms with Gasteiger partial charge in [-0.25, -0.2) is 0 Å². The Balaban J connectivity index is 2.18. The molecule has 6 heteroatoms. The van der Waals surface area contributed by atoms with Crippen molar-refractivity contribution in [2.45, 2.75) is 19.9 Å². The molecule has 0 aliphatic heterocycles. The molecular formula is C13H16N4O2. The van der Waals surface area contributed by atoms with E-state index in [1.165, 1.54) is 12.3 Å². The van der Waals surface area contributed by atoms with E-state index in [4.69, 9.17) is 0 Å². The lowest BCUT2D eigenvalue weighted by atomic mass is 10.1. The number of hydrogen-bond donors (Lipinski definition) is 2. The molecule has 2 rings (SSSR count). The molecule has 1 atom stereocenters. The number of hydrogen-bond acceptors (Lipinski definition) is 3. The third-order valence-electron chi connectivity index (χ3n) is 3.15. The van der Waals surface area contributed by atoms with E-state index >= 15 is 0 Å². The third-order valence-corrected chi connectivity index (χ3v) is 3.15. The second kappa shape index (κ2) is 5.09. The summed E-state index contributed by atoms with van der Waals surface area (Å²) in [6, 6.07) is 2.91. The minimum Gasteiger partial charge on any atom is -0.345 e. The Hall–Kier alpha value is -2.37. The van der Waals surface area contributed by atoms with Gasteiger partial charge < -0.3 is 10.3 Å². The number of carbonyl (C=O) groups excluding carboxylic acids is 1. The summed E-state index contributed by atoms with van der Waals surface area (Å²) in [5, 5.41) is 6.93. The quantitative estimate of drug-likeness (QED) is 0.860. The topological polar surface area (TPSA) is 79.8 Å². The van der Waals surface area contributed by atoms with Crippen molar-refractivity contribution < 1.29 is 4.79 Å². The number of aryl methyl sites for hydroxylation is 1. The number of aromatic nitrogens is 3. The van der Waals surface area contributed by atoms with Crippen molar-refractivity contribution in [1.82, 2.24) is 20.1 Å². The molecule has 0 aliphatic carbocycles. The Labute approximate surface area is 110 Å². The minimum absolute atomic E-state index is 0.107. The summed E-state index contributed by atoms with van der Waals surface area (Å²) >= 11 is 0. The van der Waals surface area contributed by atoms with E-state index in [1.807, 2.05) is 20.9 Å². The van der Waals surface area contributed by atoms with Gasteiger partial charge in [0.05, 0.1) is 12.2 Å². The first kappa shape index (κ1) is 13.1. The van der Waals surface area contributed by atoms with Crippen LogP contribution in [0.15, 0.2) is 29.3 Å². The van der Waals surface area contributed by atoms with Gasteiger partial charge in [-0.15, -0.1) is 0 Å². The highest BCUT2D eigenvalue weighted by Gasteiger charge is 2.17. The van der Waals surface area contributed by atoms with E-state index < -0.39 is 11.5 Å². The van der Waals surface area contributed by atoms with Gasteiger partial charge in [0.15, 0.2) is 0 Å². The molecule has 6 nitrogen and oxygen atoms in total. The minimum atomic E-state index is -0.393. The van der Waals surface area contributed by atoms with Crippen molar-refractivity contribution in [3.8, 4) is 0 Å². The Bertz CT molecular complexity index is 657. The molecule has 0 aromatic carbocycles. The van der Waals surface area contributed by atoms with Crippen LogP contribution in [0.3, 0.4) is 0 Å². The summed E-state index contributed by atoms with van der Waals surface area (Å²) in [6.07, 6.45) is 3.21. The zero-order valence-electron chi connectivity index (χ0n) is 11.1. The average molecular weight is 260 g/mol. The van der Waals surface area contributed by atoms with Crippen LogP contribution in [0.5, 0.6) is 0 Å². The standard InChI is InChI=1S/C13H16N4O2/c1-8(11-7-15-17(3)9(11)2)16-13(19)10-5-4-6-14-12(10)18/h4-8H,1-3H3,(H,14,18)(H,16,19)/t8-/m0/s1. The van der Waals surface area contributed by atoms with Gasteiger partial charge in [-0.3, -0.25) is 14.3 Å². The molecule has 0 radical (unpaired) electrons. The predicted molar refractivity (Wildman–Crippen MR) is 70.9 cm³/mol. The molecule has 0 aliphatic rings. The Morgan fingerprint density at radius 2 is 2.26 bits per heavy atom. The molecule has 0 saturated heterocycles. The van der Waals surface area contributed by atoms with Crippen LogP contribution in [-0.4, -0.2) is 20.7 Å². The van der Waals surface area contributed by atoms with Crippen molar-refractivity contribution in [1.29, 1.82) is 0 Å². The van der Waals surface area contributed by atoms with Gasteiger partial charge in [0.1, 0.15) is 5.56 Å². The molecule has 0 saturated carbocycles. The van der Waals surface area contributed by atoms with Crippen LogP contribution < -0.4 is 10.9 Å². The van der Waals surface area contributed by atoms with Gasteiger partial charge >= 0.3 is 0 Å². The average Bonchev–Trinajstić information content (AvgIpc) is 2.70. The second-order valence-corrected chi connectivity index (χ2v) is 4.42. The van der Waals surface area contributed by atoms with Crippen molar-refractivity contribution in [2.75, 3.05) is 0 Å². The first-order valence-corrected chi connectivity index (χ1v) is 5.97. The fourth-order valence-corrected chi connectivity index (χ4v) is 1.89. The lowest BCUT2D eigenvalue weighted by Crippen LogP contribution is -2.31. The number of nitrogens with one attached hydrogen (secondary N) is 2. The first-order chi connectivity index (χ1) is 9.00. The zero-order chi connectivity index (χ0) is 14.0. The number of pyridine rings is 1. The van der Waals surface area contributed by atoms with Gasteiger partial charge in [-0.05, 0) is 26.0 Å². The third kappa shape index (κ3) is 2.57. The normalized spacial score (nSPS) is 12.2. The maximum absolute atomic E-state index is 12.0. The van der Waals surface area contributed by atoms with Crippen molar-refractivity contribution in [2.24, 2.45) is 7.05 Å². The van der Waals surface area contributed by atoms with Crippen LogP contribution in [0.4, 0.5) is 0 Å². The van der Waals surface area contributed by atoms with E-state index in [2.05, 4.69) is 15.4 Å². The molecule has 0 unspecified atom stereocenters. The van der Waals surface area contributed by atoms with Crippen LogP contribution in [0.25, 0.3) is 0 Å². The molecule has 1 amide bonds. The van der Waals surface area contributed by atoms with Crippen molar-refractivity contribution in [3.63, 3.8) is 0 Å². The van der Waals surface area contributed by atoms with Crippen molar-refractivity contribution in [3.05, 3.63) is 51.7 Å². The summed E-state index contributed by atoms with van der Waals surface area (Å²) in [5.74, 6) is -0.391. The highest BCUT2D eigenvalue weighted by Crippen LogP contribution is 2.16. The van der Waals surface area contributed by atoms with Crippen LogP contribution in [0, 0.1) is 6.92 Å². The molecule has 2 aromatic heterocycles. The Morgan fingerprint density at radius 1 is 1.53 bits per heavy atom. The number of nitrogens with zero attached hydrogens (tertiary/aromatic N) is 2. The summed E-state index contributed by atoms with van der Waals surface area (Å²) in [5.41, 5.74) is 1.63. The smallest absolute Gasteiger partial charge is 0.260 e. The van der Waals surface area contributed by atoms with Crippen LogP contribution in [0.2, 0.25) is 0 Å². The SMILES string of the molecule is Cc1c([C@H](C)NC(=O)c2ccc[nH]c2=O)cnn1C. The van der Waals surface area contributed by atoms with E-state index in [-0.39, 0.29) is 11.6 Å². The maximum Gasteiger partial charge on any atom is 0.260 e. The van der Waals surface area contributed by atoms with Gasteiger partial charge in [0.2, 0.25) is 0 Å². The van der Waals surface area contributed by atoms with E-state index in [0.29, 0.717) is 0 Å². The molecule has 2 aromatic rings. The van der Waals surface area contributed by atoms with E-state index in [0.717, 1.165) is 11.3 Å².